The zero-order valence-electron chi connectivity index (χ0n) is 20.3. The fraction of sp³-hybridized carbons (Fsp3) is 0.680. The molecular weight excluding hydrogens is 490 g/mol. The number of hydrogen-bond donors (Lipinski definition) is 1. The lowest BCUT2D eigenvalue weighted by Gasteiger charge is -2.54. The molecule has 0 aromatic heterocycles. The van der Waals surface area contributed by atoms with E-state index in [4.69, 9.17) is 16.4 Å². The number of carbonyl (C=O) groups excluding carboxylic acids is 2. The van der Waals surface area contributed by atoms with Crippen LogP contribution in [-0.2, 0) is 24.4 Å². The number of sulfonamides is 1. The number of halogens is 1. The highest BCUT2D eigenvalue weighted by Gasteiger charge is 2.56. The van der Waals surface area contributed by atoms with Crippen LogP contribution in [0.15, 0.2) is 29.2 Å². The number of benzene rings is 1. The molecule has 192 valence electrons. The van der Waals surface area contributed by atoms with Crippen LogP contribution in [0.5, 0.6) is 0 Å². The van der Waals surface area contributed by atoms with Gasteiger partial charge in [0.25, 0.3) is 5.91 Å². The minimum Gasteiger partial charge on any atom is -0.340 e. The smallest absolute Gasteiger partial charge is 0.338 e. The number of amides is 1. The molecule has 35 heavy (non-hydrogen) atoms. The van der Waals surface area contributed by atoms with Gasteiger partial charge in [0.05, 0.1) is 15.8 Å². The first-order chi connectivity index (χ1) is 16.5. The predicted octanol–water partition coefficient (Wildman–Crippen LogP) is 3.22. The first-order valence-corrected chi connectivity index (χ1v) is 14.3. The Balaban J connectivity index is 1.16. The van der Waals surface area contributed by atoms with Gasteiger partial charge < -0.3 is 4.84 Å². The molecule has 10 heteroatoms. The topological polar surface area (TPSA) is 96.0 Å². The number of piperazine rings is 1. The Hall–Kier alpha value is -1.68. The summed E-state index contributed by atoms with van der Waals surface area (Å²) in [6.07, 6.45) is 6.31. The van der Waals surface area contributed by atoms with Gasteiger partial charge >= 0.3 is 5.97 Å². The quantitative estimate of drug-likeness (QED) is 0.595. The van der Waals surface area contributed by atoms with E-state index in [1.165, 1.54) is 35.7 Å². The van der Waals surface area contributed by atoms with Crippen LogP contribution in [0.25, 0.3) is 0 Å². The first-order valence-electron chi connectivity index (χ1n) is 12.5. The zero-order chi connectivity index (χ0) is 25.0. The molecule has 0 radical (unpaired) electrons. The Morgan fingerprint density at radius 2 is 1.49 bits per heavy atom. The Morgan fingerprint density at radius 1 is 0.971 bits per heavy atom. The van der Waals surface area contributed by atoms with E-state index in [0.717, 1.165) is 19.3 Å². The van der Waals surface area contributed by atoms with Gasteiger partial charge in [-0.1, -0.05) is 11.6 Å². The first kappa shape index (κ1) is 25.0. The Kier molecular flexibility index (Phi) is 6.43. The summed E-state index contributed by atoms with van der Waals surface area (Å²) in [5.41, 5.74) is 1.05. The molecule has 1 N–H and O–H groups in total. The molecule has 4 bridgehead atoms. The van der Waals surface area contributed by atoms with Crippen LogP contribution in [-0.4, -0.2) is 61.2 Å². The van der Waals surface area contributed by atoms with E-state index in [-0.39, 0.29) is 24.0 Å². The number of hydrogen-bond acceptors (Lipinski definition) is 6. The van der Waals surface area contributed by atoms with Crippen LogP contribution >= 0.6 is 11.6 Å². The molecule has 1 heterocycles. The normalized spacial score (nSPS) is 31.3. The van der Waals surface area contributed by atoms with Crippen molar-refractivity contribution in [2.45, 2.75) is 62.8 Å². The molecule has 4 aliphatic carbocycles. The zero-order valence-corrected chi connectivity index (χ0v) is 21.9. The standard InChI is InChI=1S/C25H34ClN3O5S/c1-24(2,28-7-9-29(10-8-28)35(32,33)21-5-3-20(26)4-6-21)22(30)27-34-23(31)25-14-17-11-18(15-25)13-19(12-17)16-25/h3-6,17-19H,7-16H2,1-2H3,(H,27,30). The molecule has 8 nitrogen and oxygen atoms in total. The molecule has 5 aliphatic rings. The SMILES string of the molecule is CC(C)(C(=O)NOC(=O)C12CC3CC(CC(C3)C1)C2)N1CCN(S(=O)(=O)c2ccc(Cl)cc2)CC1. The summed E-state index contributed by atoms with van der Waals surface area (Å²) in [5.74, 6) is 1.15. The second kappa shape index (κ2) is 9.01. The lowest BCUT2D eigenvalue weighted by molar-refractivity contribution is -0.184. The number of nitrogens with one attached hydrogen (secondary N) is 1. The molecule has 0 unspecified atom stereocenters. The number of carbonyl (C=O) groups is 2. The van der Waals surface area contributed by atoms with Gasteiger partial charge in [-0.15, -0.1) is 0 Å². The molecule has 0 spiro atoms. The van der Waals surface area contributed by atoms with Crippen LogP contribution < -0.4 is 5.48 Å². The molecule has 4 saturated carbocycles. The van der Waals surface area contributed by atoms with Crippen molar-refractivity contribution in [1.82, 2.24) is 14.7 Å². The van der Waals surface area contributed by atoms with E-state index in [1.807, 2.05) is 4.90 Å². The van der Waals surface area contributed by atoms with Crippen LogP contribution in [0.2, 0.25) is 5.02 Å². The van der Waals surface area contributed by atoms with E-state index in [2.05, 4.69) is 5.48 Å². The average Bonchev–Trinajstić information content (AvgIpc) is 2.81. The largest absolute Gasteiger partial charge is 0.340 e. The second-order valence-electron chi connectivity index (χ2n) is 11.4. The van der Waals surface area contributed by atoms with Gasteiger partial charge in [-0.25, -0.2) is 13.2 Å². The summed E-state index contributed by atoms with van der Waals surface area (Å²) in [4.78, 5) is 33.7. The molecule has 1 aliphatic heterocycles. The predicted molar refractivity (Wildman–Crippen MR) is 131 cm³/mol. The molecule has 1 saturated heterocycles. The molecule has 5 fully saturated rings. The van der Waals surface area contributed by atoms with E-state index in [9.17, 15) is 18.0 Å². The van der Waals surface area contributed by atoms with Crippen LogP contribution in [0.3, 0.4) is 0 Å². The summed E-state index contributed by atoms with van der Waals surface area (Å²) >= 11 is 5.88. The van der Waals surface area contributed by atoms with Crippen molar-refractivity contribution in [3.05, 3.63) is 29.3 Å². The number of hydroxylamine groups is 1. The minimum atomic E-state index is -3.63. The summed E-state index contributed by atoms with van der Waals surface area (Å²) in [7, 11) is -3.63. The van der Waals surface area contributed by atoms with Crippen molar-refractivity contribution < 1.29 is 22.8 Å². The maximum atomic E-state index is 13.1. The molecule has 6 rings (SSSR count). The van der Waals surface area contributed by atoms with Crippen molar-refractivity contribution in [3.63, 3.8) is 0 Å². The average molecular weight is 524 g/mol. The van der Waals surface area contributed by atoms with Gasteiger partial charge in [0.2, 0.25) is 10.0 Å². The summed E-state index contributed by atoms with van der Waals surface area (Å²) in [6.45, 7) is 4.82. The van der Waals surface area contributed by atoms with Crippen LogP contribution in [0.4, 0.5) is 0 Å². The van der Waals surface area contributed by atoms with E-state index < -0.39 is 26.9 Å². The lowest BCUT2D eigenvalue weighted by Crippen LogP contribution is -2.61. The van der Waals surface area contributed by atoms with Crippen molar-refractivity contribution in [2.24, 2.45) is 23.2 Å². The maximum absolute atomic E-state index is 13.1. The number of nitrogens with zero attached hydrogens (tertiary/aromatic N) is 2. The van der Waals surface area contributed by atoms with Gasteiger partial charge in [-0.05, 0) is 94.4 Å². The molecular formula is C25H34ClN3O5S. The second-order valence-corrected chi connectivity index (χ2v) is 13.8. The van der Waals surface area contributed by atoms with Gasteiger partial charge in [-0.2, -0.15) is 9.79 Å². The molecule has 1 aromatic carbocycles. The fourth-order valence-electron chi connectivity index (χ4n) is 7.07. The highest BCUT2D eigenvalue weighted by Crippen LogP contribution is 2.60. The van der Waals surface area contributed by atoms with Crippen molar-refractivity contribution in [1.29, 1.82) is 0 Å². The van der Waals surface area contributed by atoms with Crippen molar-refractivity contribution >= 4 is 33.5 Å². The van der Waals surface area contributed by atoms with Crippen LogP contribution in [0, 0.1) is 23.2 Å². The highest BCUT2D eigenvalue weighted by molar-refractivity contribution is 7.89. The molecule has 1 amide bonds. The summed E-state index contributed by atoms with van der Waals surface area (Å²) in [5, 5.41) is 0.477. The third kappa shape index (κ3) is 4.61. The summed E-state index contributed by atoms with van der Waals surface area (Å²) in [6, 6.07) is 6.12. The minimum absolute atomic E-state index is 0.198. The van der Waals surface area contributed by atoms with Gasteiger partial charge in [0, 0.05) is 31.2 Å². The van der Waals surface area contributed by atoms with Crippen molar-refractivity contribution in [2.75, 3.05) is 26.2 Å². The van der Waals surface area contributed by atoms with Gasteiger partial charge in [0.15, 0.2) is 0 Å². The summed E-state index contributed by atoms with van der Waals surface area (Å²) < 4.78 is 27.3. The van der Waals surface area contributed by atoms with E-state index in [0.29, 0.717) is 35.9 Å². The number of rotatable bonds is 5. The Morgan fingerprint density at radius 3 is 2.00 bits per heavy atom. The van der Waals surface area contributed by atoms with E-state index in [1.54, 1.807) is 26.0 Å². The van der Waals surface area contributed by atoms with Crippen LogP contribution in [0.1, 0.15) is 52.4 Å². The van der Waals surface area contributed by atoms with Crippen molar-refractivity contribution in [3.8, 4) is 0 Å². The van der Waals surface area contributed by atoms with Gasteiger partial charge in [-0.3, -0.25) is 9.69 Å². The van der Waals surface area contributed by atoms with E-state index >= 15 is 0 Å². The lowest BCUT2D eigenvalue weighted by atomic mass is 9.49. The highest BCUT2D eigenvalue weighted by atomic mass is 35.5. The monoisotopic (exact) mass is 523 g/mol. The Bertz CT molecular complexity index is 1060. The maximum Gasteiger partial charge on any atom is 0.338 e. The third-order valence-corrected chi connectivity index (χ3v) is 10.9. The third-order valence-electron chi connectivity index (χ3n) is 8.74. The van der Waals surface area contributed by atoms with Gasteiger partial charge in [0.1, 0.15) is 0 Å². The molecule has 0 atom stereocenters. The fourth-order valence-corrected chi connectivity index (χ4v) is 8.62. The molecule has 1 aromatic rings. The Labute approximate surface area is 212 Å².